The molecule has 0 aromatic heterocycles. The lowest BCUT2D eigenvalue weighted by Crippen LogP contribution is -2.53. The number of alkyl halides is 3. The van der Waals surface area contributed by atoms with Gasteiger partial charge in [0, 0.05) is 16.8 Å². The fourth-order valence-corrected chi connectivity index (χ4v) is 7.96. The summed E-state index contributed by atoms with van der Waals surface area (Å²) in [5.74, 6) is 1.10. The van der Waals surface area contributed by atoms with Crippen molar-refractivity contribution in [2.24, 2.45) is 4.99 Å². The van der Waals surface area contributed by atoms with E-state index in [1.807, 2.05) is 109 Å². The largest absolute Gasteiger partial charge is 0.497 e. The number of nitrogens with zero attached hydrogens (tertiary/aromatic N) is 4. The number of hydrogen-bond donors (Lipinski definition) is 0. The predicted molar refractivity (Wildman–Crippen MR) is 171 cm³/mol. The number of aliphatic imine (C=N–C) groups is 1. The Labute approximate surface area is 256 Å². The Hall–Kier alpha value is -3.49. The van der Waals surface area contributed by atoms with Gasteiger partial charge in [0.1, 0.15) is 5.75 Å². The summed E-state index contributed by atoms with van der Waals surface area (Å²) in [5.41, 5.74) is 4.06. The molecule has 6 rings (SSSR count). The third-order valence-corrected chi connectivity index (χ3v) is 9.42. The molecule has 6 nitrogen and oxygen atoms in total. The number of aryl methyl sites for hydroxylation is 1. The van der Waals surface area contributed by atoms with Gasteiger partial charge in [0.05, 0.1) is 23.7 Å². The van der Waals surface area contributed by atoms with Crippen molar-refractivity contribution < 1.29 is 9.53 Å². The second-order valence-electron chi connectivity index (χ2n) is 9.46. The quantitative estimate of drug-likeness (QED) is 0.168. The highest BCUT2D eigenvalue weighted by atomic mass is 35.6. The van der Waals surface area contributed by atoms with Gasteiger partial charge >= 0.3 is 0 Å². The van der Waals surface area contributed by atoms with Gasteiger partial charge in [-0.05, 0) is 55.5 Å². The summed E-state index contributed by atoms with van der Waals surface area (Å²) in [6.45, 7) is 2.03. The maximum atomic E-state index is 14.4. The van der Waals surface area contributed by atoms with Gasteiger partial charge in [-0.2, -0.15) is 0 Å². The van der Waals surface area contributed by atoms with E-state index >= 15 is 0 Å². The third kappa shape index (κ3) is 5.08. The first-order chi connectivity index (χ1) is 19.8. The second kappa shape index (κ2) is 11.1. The van der Waals surface area contributed by atoms with Crippen LogP contribution in [0.1, 0.15) is 21.5 Å². The van der Waals surface area contributed by atoms with E-state index in [0.717, 1.165) is 16.8 Å². The number of amides is 1. The Morgan fingerprint density at radius 3 is 2.00 bits per heavy atom. The van der Waals surface area contributed by atoms with Gasteiger partial charge in [-0.15, -0.1) is 0 Å². The lowest BCUT2D eigenvalue weighted by molar-refractivity contribution is 0.0841. The molecule has 0 saturated heterocycles. The smallest absolute Gasteiger partial charge is 0.266 e. The molecule has 0 aliphatic carbocycles. The van der Waals surface area contributed by atoms with E-state index in [9.17, 15) is 4.79 Å². The number of ether oxygens (including phenoxy) is 1. The zero-order valence-corrected chi connectivity index (χ0v) is 25.2. The van der Waals surface area contributed by atoms with E-state index in [1.165, 1.54) is 0 Å². The molecule has 0 spiro atoms. The molecule has 208 valence electrons. The molecule has 1 unspecified atom stereocenters. The summed E-state index contributed by atoms with van der Waals surface area (Å²) in [7, 11) is 0.500. The molecule has 4 aromatic rings. The lowest BCUT2D eigenvalue weighted by atomic mass is 10.2. The number of rotatable bonds is 5. The van der Waals surface area contributed by atoms with Crippen LogP contribution < -0.4 is 13.9 Å². The summed E-state index contributed by atoms with van der Waals surface area (Å²) in [6.07, 6.45) is -0.999. The fraction of sp³-hybridized carbons (Fsp3) is 0.129. The first-order valence-corrected chi connectivity index (χ1v) is 15.1. The van der Waals surface area contributed by atoms with E-state index in [2.05, 4.69) is 4.31 Å². The minimum Gasteiger partial charge on any atom is -0.497 e. The van der Waals surface area contributed by atoms with Crippen LogP contribution in [-0.4, -0.2) is 38.2 Å². The number of halogens is 3. The maximum Gasteiger partial charge on any atom is 0.266 e. The highest BCUT2D eigenvalue weighted by Gasteiger charge is 2.56. The minimum absolute atomic E-state index is 0.277. The number of carbonyl (C=O) groups excluding carboxylic acids is 1. The summed E-state index contributed by atoms with van der Waals surface area (Å²) < 4.78 is 7.22. The molecule has 0 fully saturated rings. The van der Waals surface area contributed by atoms with Crippen molar-refractivity contribution in [3.8, 4) is 5.75 Å². The molecular formula is C31H25Cl3N4O2S. The SMILES string of the molecule is COc1ccc(N2C3=S(N(c4ccc(C)cc4)C(c4ccccc4)=N3)N(C(=O)c3ccccc3)[C@@H]2C(Cl)(Cl)Cl)cc1. The van der Waals surface area contributed by atoms with Crippen LogP contribution in [0.2, 0.25) is 0 Å². The fourth-order valence-electron chi connectivity index (χ4n) is 4.80. The van der Waals surface area contributed by atoms with E-state index < -0.39 is 20.8 Å². The molecule has 2 atom stereocenters. The van der Waals surface area contributed by atoms with Gasteiger partial charge in [-0.25, -0.2) is 9.30 Å². The average molecular weight is 624 g/mol. The van der Waals surface area contributed by atoms with E-state index in [0.29, 0.717) is 27.9 Å². The first-order valence-electron chi connectivity index (χ1n) is 12.8. The van der Waals surface area contributed by atoms with Crippen molar-refractivity contribution in [3.05, 3.63) is 126 Å². The monoisotopic (exact) mass is 622 g/mol. The number of carbonyl (C=O) groups is 1. The Bertz CT molecular complexity index is 1640. The first kappa shape index (κ1) is 27.7. The summed E-state index contributed by atoms with van der Waals surface area (Å²) in [5, 5.41) is 0.593. The molecule has 0 radical (unpaired) electrons. The highest BCUT2D eigenvalue weighted by Crippen LogP contribution is 2.53. The molecule has 2 heterocycles. The van der Waals surface area contributed by atoms with Crippen molar-refractivity contribution in [2.45, 2.75) is 16.9 Å². The van der Waals surface area contributed by atoms with Crippen LogP contribution in [0.3, 0.4) is 0 Å². The van der Waals surface area contributed by atoms with Crippen molar-refractivity contribution in [1.82, 2.24) is 4.31 Å². The predicted octanol–water partition coefficient (Wildman–Crippen LogP) is 7.82. The Morgan fingerprint density at radius 2 is 1.41 bits per heavy atom. The Balaban J connectivity index is 1.62. The van der Waals surface area contributed by atoms with E-state index in [1.54, 1.807) is 23.5 Å². The molecule has 41 heavy (non-hydrogen) atoms. The van der Waals surface area contributed by atoms with Crippen LogP contribution in [0.25, 0.3) is 0 Å². The summed E-state index contributed by atoms with van der Waals surface area (Å²) in [6, 6.07) is 34.4. The molecule has 2 aliphatic heterocycles. The normalized spacial score (nSPS) is 18.4. The van der Waals surface area contributed by atoms with Crippen LogP contribution >= 0.6 is 45.7 Å². The van der Waals surface area contributed by atoms with E-state index in [-0.39, 0.29) is 5.91 Å². The number of amidine groups is 1. The van der Waals surface area contributed by atoms with Gasteiger partial charge in [0.2, 0.25) is 8.90 Å². The number of benzene rings is 4. The molecule has 0 saturated carbocycles. The minimum atomic E-state index is -1.89. The van der Waals surface area contributed by atoms with Gasteiger partial charge < -0.3 is 4.74 Å². The molecular weight excluding hydrogens is 599 g/mol. The second-order valence-corrected chi connectivity index (χ2v) is 13.5. The number of anilines is 2. The Morgan fingerprint density at radius 1 is 0.829 bits per heavy atom. The molecule has 4 aromatic carbocycles. The average Bonchev–Trinajstić information content (AvgIpc) is 3.53. The van der Waals surface area contributed by atoms with Crippen molar-refractivity contribution in [1.29, 1.82) is 0 Å². The maximum absolute atomic E-state index is 14.4. The zero-order chi connectivity index (χ0) is 28.7. The number of hydrogen-bond acceptors (Lipinski definition) is 5. The Kier molecular flexibility index (Phi) is 7.47. The van der Waals surface area contributed by atoms with Crippen LogP contribution in [0.15, 0.2) is 114 Å². The topological polar surface area (TPSA) is 48.4 Å². The van der Waals surface area contributed by atoms with Gasteiger partial charge in [0.15, 0.2) is 12.0 Å². The van der Waals surface area contributed by atoms with Crippen LogP contribution in [0, 0.1) is 6.92 Å². The molecule has 10 heteroatoms. The highest BCUT2D eigenvalue weighted by molar-refractivity contribution is 8.17. The lowest BCUT2D eigenvalue weighted by Gasteiger charge is -2.39. The van der Waals surface area contributed by atoms with Crippen LogP contribution in [0.5, 0.6) is 5.75 Å². The van der Waals surface area contributed by atoms with Crippen LogP contribution in [0.4, 0.5) is 11.4 Å². The molecule has 1 amide bonds. The molecule has 0 N–H and O–H groups in total. The van der Waals surface area contributed by atoms with Gasteiger partial charge in [0.25, 0.3) is 5.91 Å². The van der Waals surface area contributed by atoms with Crippen LogP contribution in [-0.2, 0) is 0 Å². The molecule has 0 bridgehead atoms. The molecule has 2 aliphatic rings. The van der Waals surface area contributed by atoms with E-state index in [4.69, 9.17) is 44.5 Å². The van der Waals surface area contributed by atoms with Crippen molar-refractivity contribution >= 4 is 73.9 Å². The third-order valence-electron chi connectivity index (χ3n) is 6.75. The summed E-state index contributed by atoms with van der Waals surface area (Å²) in [4.78, 5) is 21.5. The van der Waals surface area contributed by atoms with Gasteiger partial charge in [-0.1, -0.05) is 101 Å². The standard InChI is InChI=1S/C31H25Cl3N4O2S/c1-21-13-15-25(16-14-21)37-27(22-9-5-3-6-10-22)35-30-36(24-17-19-26(40-2)20-18-24)29(31(32,33)34)38(41(30)37)28(39)23-11-7-4-8-12-23/h3-20,29H,1-2H3/t29-,41?/m1/s1. The van der Waals surface area contributed by atoms with Gasteiger partial charge in [-0.3, -0.25) is 14.0 Å². The summed E-state index contributed by atoms with van der Waals surface area (Å²) >= 11 is 20.2. The zero-order valence-electron chi connectivity index (χ0n) is 22.1. The van der Waals surface area contributed by atoms with Crippen molar-refractivity contribution in [2.75, 3.05) is 16.3 Å². The number of methoxy groups -OCH3 is 1. The van der Waals surface area contributed by atoms with Crippen molar-refractivity contribution in [3.63, 3.8) is 0 Å².